The van der Waals surface area contributed by atoms with Gasteiger partial charge in [-0.05, 0) is 19.1 Å². The molecule has 0 spiro atoms. The maximum Gasteiger partial charge on any atom is 0.128 e. The number of allylic oxidation sites excluding steroid dienone is 2. The maximum absolute atomic E-state index is 5.85. The molecule has 1 aliphatic carbocycles. The van der Waals surface area contributed by atoms with Crippen LogP contribution in [0, 0.1) is 6.92 Å². The number of hydrogen-bond donors (Lipinski definition) is 0. The summed E-state index contributed by atoms with van der Waals surface area (Å²) >= 11 is 0. The topological polar surface area (TPSA) is 9.23 Å². The van der Waals surface area contributed by atoms with Crippen LogP contribution in [-0.2, 0) is 0 Å². The molecule has 1 aromatic carbocycles. The van der Waals surface area contributed by atoms with Crippen LogP contribution in [0.4, 0.5) is 0 Å². The molecular weight excluding hydrogens is 172 g/mol. The third-order valence-corrected chi connectivity index (χ3v) is 2.82. The lowest BCUT2D eigenvalue weighted by Gasteiger charge is -2.12. The highest BCUT2D eigenvalue weighted by Gasteiger charge is 2.28. The average molecular weight is 184 g/mol. The first-order valence-corrected chi connectivity index (χ1v) is 4.99. The first kappa shape index (κ1) is 7.86. The van der Waals surface area contributed by atoms with Crippen LogP contribution >= 0.6 is 0 Å². The van der Waals surface area contributed by atoms with Gasteiger partial charge < -0.3 is 4.74 Å². The molecule has 0 amide bonds. The van der Waals surface area contributed by atoms with Crippen molar-refractivity contribution in [1.29, 1.82) is 0 Å². The van der Waals surface area contributed by atoms with E-state index in [1.54, 1.807) is 0 Å². The molecule has 1 nitrogen and oxygen atoms in total. The first-order chi connectivity index (χ1) is 6.84. The molecule has 1 heteroatoms. The molecule has 0 N–H and O–H groups in total. The summed E-state index contributed by atoms with van der Waals surface area (Å²) in [4.78, 5) is 0. The van der Waals surface area contributed by atoms with Crippen molar-refractivity contribution in [2.75, 3.05) is 0 Å². The molecule has 3 rings (SSSR count). The minimum Gasteiger partial charge on any atom is -0.485 e. The van der Waals surface area contributed by atoms with Gasteiger partial charge in [0.25, 0.3) is 0 Å². The van der Waals surface area contributed by atoms with Crippen molar-refractivity contribution in [3.05, 3.63) is 47.6 Å². The Kier molecular flexibility index (Phi) is 1.54. The largest absolute Gasteiger partial charge is 0.485 e. The normalized spacial score (nSPS) is 22.4. The van der Waals surface area contributed by atoms with Crippen LogP contribution in [0.2, 0.25) is 0 Å². The zero-order chi connectivity index (χ0) is 9.54. The third-order valence-electron chi connectivity index (χ3n) is 2.82. The molecule has 0 bridgehead atoms. The molecule has 1 unspecified atom stereocenters. The average Bonchev–Trinajstić information content (AvgIpc) is 2.56. The van der Waals surface area contributed by atoms with E-state index in [-0.39, 0.29) is 6.10 Å². The lowest BCUT2D eigenvalue weighted by atomic mass is 9.96. The lowest BCUT2D eigenvalue weighted by Crippen LogP contribution is -2.11. The molecule has 0 saturated heterocycles. The molecule has 1 heterocycles. The second-order valence-electron chi connectivity index (χ2n) is 3.89. The van der Waals surface area contributed by atoms with Crippen molar-refractivity contribution >= 4 is 5.57 Å². The minimum absolute atomic E-state index is 0.261. The van der Waals surface area contributed by atoms with Crippen LogP contribution in [0.15, 0.2) is 36.4 Å². The van der Waals surface area contributed by atoms with Crippen LogP contribution < -0.4 is 4.74 Å². The van der Waals surface area contributed by atoms with E-state index in [9.17, 15) is 0 Å². The summed E-state index contributed by atoms with van der Waals surface area (Å²) in [6.45, 7) is 2.12. The van der Waals surface area contributed by atoms with Gasteiger partial charge >= 0.3 is 0 Å². The molecule has 2 aliphatic rings. The highest BCUT2D eigenvalue weighted by Crippen LogP contribution is 2.40. The lowest BCUT2D eigenvalue weighted by molar-refractivity contribution is 0.279. The van der Waals surface area contributed by atoms with E-state index in [0.717, 1.165) is 12.2 Å². The van der Waals surface area contributed by atoms with Crippen molar-refractivity contribution in [2.24, 2.45) is 0 Å². The van der Waals surface area contributed by atoms with Gasteiger partial charge in [-0.1, -0.05) is 29.9 Å². The van der Waals surface area contributed by atoms with Gasteiger partial charge in [-0.15, -0.1) is 0 Å². The molecule has 1 aromatic rings. The van der Waals surface area contributed by atoms with Crippen molar-refractivity contribution in [1.82, 2.24) is 0 Å². The van der Waals surface area contributed by atoms with Crippen molar-refractivity contribution in [2.45, 2.75) is 19.4 Å². The molecule has 0 aromatic heterocycles. The summed E-state index contributed by atoms with van der Waals surface area (Å²) in [6.07, 6.45) is 7.70. The first-order valence-electron chi connectivity index (χ1n) is 4.99. The van der Waals surface area contributed by atoms with Gasteiger partial charge in [0.2, 0.25) is 0 Å². The minimum atomic E-state index is 0.261. The van der Waals surface area contributed by atoms with Crippen LogP contribution in [-0.4, -0.2) is 6.10 Å². The molecule has 1 atom stereocenters. The monoisotopic (exact) mass is 184 g/mol. The highest BCUT2D eigenvalue weighted by atomic mass is 16.5. The standard InChI is InChI=1S/C13H12O/c1-9-6-7-13-11(8-9)10-4-2-3-5-12(10)14-13/h2-4,6-8,12H,5H2,1H3. The third kappa shape index (κ3) is 1.02. The molecule has 0 saturated carbocycles. The number of rotatable bonds is 0. The summed E-state index contributed by atoms with van der Waals surface area (Å²) in [5.74, 6) is 1.04. The Morgan fingerprint density at radius 2 is 2.29 bits per heavy atom. The fourth-order valence-corrected chi connectivity index (χ4v) is 2.11. The van der Waals surface area contributed by atoms with E-state index in [1.165, 1.54) is 16.7 Å². The van der Waals surface area contributed by atoms with Crippen LogP contribution in [0.5, 0.6) is 5.75 Å². The summed E-state index contributed by atoms with van der Waals surface area (Å²) in [5.41, 5.74) is 3.91. The van der Waals surface area contributed by atoms with Crippen molar-refractivity contribution < 1.29 is 4.74 Å². The number of aryl methyl sites for hydroxylation is 1. The molecule has 70 valence electrons. The molecule has 14 heavy (non-hydrogen) atoms. The smallest absolute Gasteiger partial charge is 0.128 e. The Labute approximate surface area is 83.7 Å². The second kappa shape index (κ2) is 2.74. The predicted octanol–water partition coefficient (Wildman–Crippen LogP) is 3.10. The van der Waals surface area contributed by atoms with Gasteiger partial charge in [0.15, 0.2) is 0 Å². The van der Waals surface area contributed by atoms with Gasteiger partial charge in [-0.2, -0.15) is 0 Å². The quantitative estimate of drug-likeness (QED) is 0.602. The van der Waals surface area contributed by atoms with E-state index in [1.807, 2.05) is 0 Å². The van der Waals surface area contributed by atoms with Gasteiger partial charge in [-0.25, -0.2) is 0 Å². The predicted molar refractivity (Wildman–Crippen MR) is 57.3 cm³/mol. The SMILES string of the molecule is Cc1ccc2c(c1)C1=CC=CCC1O2. The summed E-state index contributed by atoms with van der Waals surface area (Å²) in [7, 11) is 0. The van der Waals surface area contributed by atoms with Crippen molar-refractivity contribution in [3.8, 4) is 5.75 Å². The molecule has 1 aliphatic heterocycles. The zero-order valence-corrected chi connectivity index (χ0v) is 8.16. The van der Waals surface area contributed by atoms with Crippen molar-refractivity contribution in [3.63, 3.8) is 0 Å². The molecular formula is C13H12O. The summed E-state index contributed by atoms with van der Waals surface area (Å²) in [6, 6.07) is 6.38. The molecule has 0 fully saturated rings. The zero-order valence-electron chi connectivity index (χ0n) is 8.16. The number of hydrogen-bond acceptors (Lipinski definition) is 1. The highest BCUT2D eigenvalue weighted by molar-refractivity contribution is 5.79. The van der Waals surface area contributed by atoms with Crippen LogP contribution in [0.1, 0.15) is 17.5 Å². The Morgan fingerprint density at radius 3 is 3.21 bits per heavy atom. The van der Waals surface area contributed by atoms with Crippen LogP contribution in [0.3, 0.4) is 0 Å². The summed E-state index contributed by atoms with van der Waals surface area (Å²) < 4.78 is 5.85. The second-order valence-corrected chi connectivity index (χ2v) is 3.89. The van der Waals surface area contributed by atoms with E-state index in [2.05, 4.69) is 43.4 Å². The van der Waals surface area contributed by atoms with Gasteiger partial charge in [0, 0.05) is 17.6 Å². The van der Waals surface area contributed by atoms with E-state index in [0.29, 0.717) is 0 Å². The molecule has 0 radical (unpaired) electrons. The Balaban J connectivity index is 2.17. The Bertz CT molecular complexity index is 441. The fourth-order valence-electron chi connectivity index (χ4n) is 2.11. The Hall–Kier alpha value is -1.50. The van der Waals surface area contributed by atoms with Gasteiger partial charge in [-0.3, -0.25) is 0 Å². The van der Waals surface area contributed by atoms with E-state index >= 15 is 0 Å². The number of benzene rings is 1. The Morgan fingerprint density at radius 1 is 1.36 bits per heavy atom. The van der Waals surface area contributed by atoms with Gasteiger partial charge in [0.05, 0.1) is 0 Å². The van der Waals surface area contributed by atoms with E-state index in [4.69, 9.17) is 4.74 Å². The van der Waals surface area contributed by atoms with E-state index < -0.39 is 0 Å². The van der Waals surface area contributed by atoms with Crippen LogP contribution in [0.25, 0.3) is 5.57 Å². The van der Waals surface area contributed by atoms with Gasteiger partial charge in [0.1, 0.15) is 11.9 Å². The summed E-state index contributed by atoms with van der Waals surface area (Å²) in [5, 5.41) is 0. The fraction of sp³-hybridized carbons (Fsp3) is 0.231. The number of ether oxygens (including phenoxy) is 1. The number of fused-ring (bicyclic) bond motifs is 3. The maximum atomic E-state index is 5.85.